The van der Waals surface area contributed by atoms with E-state index in [1.807, 2.05) is 36.5 Å². The molecular formula is C18H23N5O4. The van der Waals surface area contributed by atoms with Gasteiger partial charge in [-0.25, -0.2) is 9.48 Å². The molecule has 3 heterocycles. The van der Waals surface area contributed by atoms with E-state index in [9.17, 15) is 4.79 Å². The minimum atomic E-state index is -0.233. The van der Waals surface area contributed by atoms with Crippen LogP contribution in [0, 0.1) is 0 Å². The van der Waals surface area contributed by atoms with Gasteiger partial charge >= 0.3 is 6.03 Å². The Balaban J connectivity index is 1.31. The Morgan fingerprint density at radius 2 is 2.07 bits per heavy atom. The number of carbonyl (C=O) groups is 1. The van der Waals surface area contributed by atoms with Gasteiger partial charge in [0.05, 0.1) is 32.1 Å². The fraction of sp³-hybridized carbons (Fsp3) is 0.500. The molecule has 1 aromatic carbocycles. The summed E-state index contributed by atoms with van der Waals surface area (Å²) in [4.78, 5) is 12.2. The maximum absolute atomic E-state index is 12.2. The summed E-state index contributed by atoms with van der Waals surface area (Å²) in [5, 5.41) is 14.1. The maximum Gasteiger partial charge on any atom is 0.315 e. The molecule has 2 fully saturated rings. The summed E-state index contributed by atoms with van der Waals surface area (Å²) in [6, 6.07) is 9.28. The second-order valence-electron chi connectivity index (χ2n) is 6.71. The van der Waals surface area contributed by atoms with Crippen LogP contribution in [0.15, 0.2) is 36.5 Å². The Kier molecular flexibility index (Phi) is 5.33. The summed E-state index contributed by atoms with van der Waals surface area (Å²) in [6.07, 6.45) is 1.48. The van der Waals surface area contributed by atoms with Crippen molar-refractivity contribution < 1.29 is 19.0 Å². The molecule has 2 amide bonds. The Labute approximate surface area is 157 Å². The highest BCUT2D eigenvalue weighted by Gasteiger charge is 2.49. The molecule has 2 N–H and O–H groups in total. The third-order valence-electron chi connectivity index (χ3n) is 4.83. The fourth-order valence-corrected chi connectivity index (χ4v) is 3.52. The van der Waals surface area contributed by atoms with Gasteiger partial charge in [-0.05, 0) is 5.56 Å². The number of carbonyl (C=O) groups excluding carboxylic acids is 1. The number of nitrogens with zero attached hydrogens (tertiary/aromatic N) is 3. The summed E-state index contributed by atoms with van der Waals surface area (Å²) >= 11 is 0. The van der Waals surface area contributed by atoms with E-state index < -0.39 is 0 Å². The second-order valence-corrected chi connectivity index (χ2v) is 6.71. The van der Waals surface area contributed by atoms with Crippen molar-refractivity contribution >= 4 is 6.03 Å². The lowest BCUT2D eigenvalue weighted by Crippen LogP contribution is -2.48. The largest absolute Gasteiger partial charge is 0.378 e. The van der Waals surface area contributed by atoms with Crippen LogP contribution in [0.25, 0.3) is 0 Å². The van der Waals surface area contributed by atoms with Crippen LogP contribution in [-0.2, 0) is 27.4 Å². The first-order valence-corrected chi connectivity index (χ1v) is 8.95. The zero-order valence-corrected chi connectivity index (χ0v) is 15.1. The molecule has 0 unspecified atom stereocenters. The number of ether oxygens (including phenoxy) is 3. The van der Waals surface area contributed by atoms with Crippen LogP contribution in [0.1, 0.15) is 17.3 Å². The quantitative estimate of drug-likeness (QED) is 0.771. The van der Waals surface area contributed by atoms with E-state index >= 15 is 0 Å². The molecule has 0 aliphatic carbocycles. The number of urea groups is 1. The van der Waals surface area contributed by atoms with Crippen molar-refractivity contribution in [2.75, 3.05) is 20.3 Å². The lowest BCUT2D eigenvalue weighted by atomic mass is 10.1. The van der Waals surface area contributed by atoms with Gasteiger partial charge in [0.2, 0.25) is 0 Å². The first-order chi connectivity index (χ1) is 13.2. The molecule has 2 aliphatic rings. The predicted octanol–water partition coefficient (Wildman–Crippen LogP) is 0.631. The molecular weight excluding hydrogens is 350 g/mol. The fourth-order valence-electron chi connectivity index (χ4n) is 3.52. The molecule has 1 aromatic heterocycles. The van der Waals surface area contributed by atoms with Crippen LogP contribution >= 0.6 is 0 Å². The monoisotopic (exact) mass is 373 g/mol. The molecule has 2 aliphatic heterocycles. The summed E-state index contributed by atoms with van der Waals surface area (Å²) in [7, 11) is 1.62. The summed E-state index contributed by atoms with van der Waals surface area (Å²) in [5.41, 5.74) is 1.80. The van der Waals surface area contributed by atoms with Crippen molar-refractivity contribution in [3.8, 4) is 0 Å². The lowest BCUT2D eigenvalue weighted by molar-refractivity contribution is 0.0622. The highest BCUT2D eigenvalue weighted by molar-refractivity contribution is 5.74. The SMILES string of the molecule is COCc1cn([C@H]2CO[C@H]3[C@@H]2OC[C@@H]3NC(=O)NCc2ccccc2)nn1. The average Bonchev–Trinajstić information content (AvgIpc) is 3.39. The van der Waals surface area contributed by atoms with Crippen molar-refractivity contribution in [2.45, 2.75) is 37.4 Å². The van der Waals surface area contributed by atoms with Crippen LogP contribution in [0.4, 0.5) is 4.79 Å². The topological polar surface area (TPSA) is 99.5 Å². The summed E-state index contributed by atoms with van der Waals surface area (Å²) in [5.74, 6) is 0. The minimum Gasteiger partial charge on any atom is -0.378 e. The van der Waals surface area contributed by atoms with Crippen molar-refractivity contribution in [2.24, 2.45) is 0 Å². The number of methoxy groups -OCH3 is 1. The molecule has 9 nitrogen and oxygen atoms in total. The number of nitrogens with one attached hydrogen (secondary N) is 2. The molecule has 144 valence electrons. The maximum atomic E-state index is 12.2. The zero-order chi connectivity index (χ0) is 18.6. The zero-order valence-electron chi connectivity index (χ0n) is 15.1. The van der Waals surface area contributed by atoms with Crippen LogP contribution in [0.3, 0.4) is 0 Å². The second kappa shape index (κ2) is 8.03. The number of hydrogen-bond acceptors (Lipinski definition) is 6. The highest BCUT2D eigenvalue weighted by Crippen LogP contribution is 2.33. The van der Waals surface area contributed by atoms with E-state index in [-0.39, 0.29) is 30.3 Å². The van der Waals surface area contributed by atoms with Crippen LogP contribution in [-0.4, -0.2) is 59.6 Å². The van der Waals surface area contributed by atoms with E-state index in [2.05, 4.69) is 20.9 Å². The molecule has 2 aromatic rings. The van der Waals surface area contributed by atoms with Gasteiger partial charge in [0.15, 0.2) is 0 Å². The molecule has 2 saturated heterocycles. The standard InChI is InChI=1S/C18H23N5O4/c1-25-9-13-8-23(22-21-13)15-11-27-16-14(10-26-17(15)16)20-18(24)19-7-12-5-3-2-4-6-12/h2-6,8,14-17H,7,9-11H2,1H3,(H2,19,20,24)/t14-,15-,16+,17+/m0/s1. The molecule has 0 bridgehead atoms. The Bertz CT molecular complexity index is 768. The van der Waals surface area contributed by atoms with E-state index in [1.165, 1.54) is 0 Å². The normalized spacial score (nSPS) is 26.7. The molecule has 27 heavy (non-hydrogen) atoms. The first-order valence-electron chi connectivity index (χ1n) is 8.95. The minimum absolute atomic E-state index is 0.0627. The van der Waals surface area contributed by atoms with E-state index in [0.717, 1.165) is 11.3 Å². The van der Waals surface area contributed by atoms with Gasteiger partial charge in [-0.15, -0.1) is 5.10 Å². The lowest BCUT2D eigenvalue weighted by Gasteiger charge is -2.18. The third-order valence-corrected chi connectivity index (χ3v) is 4.83. The van der Waals surface area contributed by atoms with Gasteiger partial charge in [-0.2, -0.15) is 0 Å². The number of aromatic nitrogens is 3. The number of benzene rings is 1. The van der Waals surface area contributed by atoms with Crippen molar-refractivity contribution in [3.05, 3.63) is 47.8 Å². The van der Waals surface area contributed by atoms with Crippen molar-refractivity contribution in [1.82, 2.24) is 25.6 Å². The number of fused-ring (bicyclic) bond motifs is 1. The Morgan fingerprint density at radius 3 is 2.89 bits per heavy atom. The summed E-state index contributed by atoms with van der Waals surface area (Å²) in [6.45, 7) is 1.76. The average molecular weight is 373 g/mol. The highest BCUT2D eigenvalue weighted by atomic mass is 16.6. The van der Waals surface area contributed by atoms with Crippen molar-refractivity contribution in [3.63, 3.8) is 0 Å². The summed E-state index contributed by atoms with van der Waals surface area (Å²) < 4.78 is 18.6. The molecule has 0 radical (unpaired) electrons. The van der Waals surface area contributed by atoms with E-state index in [0.29, 0.717) is 26.4 Å². The van der Waals surface area contributed by atoms with Gasteiger partial charge in [0, 0.05) is 13.7 Å². The van der Waals surface area contributed by atoms with Gasteiger partial charge in [0.25, 0.3) is 0 Å². The van der Waals surface area contributed by atoms with E-state index in [4.69, 9.17) is 14.2 Å². The molecule has 0 spiro atoms. The molecule has 0 saturated carbocycles. The number of hydrogen-bond donors (Lipinski definition) is 2. The molecule has 4 rings (SSSR count). The van der Waals surface area contributed by atoms with Gasteiger partial charge < -0.3 is 24.8 Å². The Morgan fingerprint density at radius 1 is 1.26 bits per heavy atom. The predicted molar refractivity (Wildman–Crippen MR) is 94.9 cm³/mol. The number of rotatable bonds is 6. The van der Waals surface area contributed by atoms with Gasteiger partial charge in [-0.3, -0.25) is 0 Å². The first kappa shape index (κ1) is 17.9. The Hall–Kier alpha value is -2.49. The van der Waals surface area contributed by atoms with Gasteiger partial charge in [-0.1, -0.05) is 35.5 Å². The van der Waals surface area contributed by atoms with Crippen LogP contribution in [0.2, 0.25) is 0 Å². The number of amides is 2. The molecule has 4 atom stereocenters. The van der Waals surface area contributed by atoms with Crippen LogP contribution in [0.5, 0.6) is 0 Å². The third kappa shape index (κ3) is 3.95. The van der Waals surface area contributed by atoms with Crippen LogP contribution < -0.4 is 10.6 Å². The smallest absolute Gasteiger partial charge is 0.315 e. The van der Waals surface area contributed by atoms with E-state index in [1.54, 1.807) is 11.8 Å². The molecule has 9 heteroatoms. The van der Waals surface area contributed by atoms with Crippen molar-refractivity contribution in [1.29, 1.82) is 0 Å². The van der Waals surface area contributed by atoms with Gasteiger partial charge in [0.1, 0.15) is 23.9 Å².